The lowest BCUT2D eigenvalue weighted by molar-refractivity contribution is -0.384. The number of hydrogen-bond donors (Lipinski definition) is 1. The van der Waals surface area contributed by atoms with Crippen LogP contribution in [0, 0.1) is 17.0 Å². The lowest BCUT2D eigenvalue weighted by atomic mass is 10.1. The summed E-state index contributed by atoms with van der Waals surface area (Å²) in [5, 5.41) is 13.5. The Morgan fingerprint density at radius 2 is 2.08 bits per heavy atom. The first-order valence-corrected chi connectivity index (χ1v) is 7.54. The fourth-order valence-corrected chi connectivity index (χ4v) is 2.54. The average Bonchev–Trinajstić information content (AvgIpc) is 2.88. The average molecular weight is 341 g/mol. The molecule has 0 bridgehead atoms. The summed E-state index contributed by atoms with van der Waals surface area (Å²) in [7, 11) is 0. The monoisotopic (exact) mass is 341 g/mol. The number of nitro benzene ring substituents is 1. The molecule has 0 saturated heterocycles. The van der Waals surface area contributed by atoms with E-state index >= 15 is 0 Å². The molecule has 0 unspecified atom stereocenters. The number of rotatable bonds is 5. The van der Waals surface area contributed by atoms with E-state index < -0.39 is 10.7 Å². The maximum Gasteiger partial charge on any atom is 0.420 e. The number of carbonyl (C=O) groups excluding carboxylic acids is 1. The second kappa shape index (κ2) is 6.60. The number of aryl methyl sites for hydroxylation is 1. The highest BCUT2D eigenvalue weighted by molar-refractivity contribution is 5.80. The van der Waals surface area contributed by atoms with Crippen LogP contribution >= 0.6 is 0 Å². The minimum Gasteiger partial charge on any atom is -0.407 e. The molecule has 1 aromatic heterocycles. The number of oxazole rings is 1. The normalized spacial score (nSPS) is 10.8. The van der Waals surface area contributed by atoms with Gasteiger partial charge in [-0.3, -0.25) is 19.5 Å². The van der Waals surface area contributed by atoms with Crippen LogP contribution in [0.25, 0.3) is 11.1 Å². The molecule has 0 aliphatic heterocycles. The van der Waals surface area contributed by atoms with E-state index in [2.05, 4.69) is 5.32 Å². The van der Waals surface area contributed by atoms with Crippen LogP contribution < -0.4 is 11.1 Å². The number of carbonyl (C=O) groups is 1. The van der Waals surface area contributed by atoms with Crippen molar-refractivity contribution in [3.8, 4) is 0 Å². The summed E-state index contributed by atoms with van der Waals surface area (Å²) in [4.78, 5) is 34.2. The molecule has 0 fully saturated rings. The Morgan fingerprint density at radius 1 is 1.28 bits per heavy atom. The smallest absolute Gasteiger partial charge is 0.407 e. The molecule has 0 aliphatic carbocycles. The quantitative estimate of drug-likeness (QED) is 0.565. The van der Waals surface area contributed by atoms with Crippen LogP contribution in [0.3, 0.4) is 0 Å². The SMILES string of the molecule is Cc1cccc(CNC(=O)Cn2c(=O)oc3cc([N+](=O)[O-])ccc32)c1. The van der Waals surface area contributed by atoms with Crippen LogP contribution in [0.4, 0.5) is 5.69 Å². The van der Waals surface area contributed by atoms with Crippen molar-refractivity contribution in [1.82, 2.24) is 9.88 Å². The van der Waals surface area contributed by atoms with Gasteiger partial charge in [0.05, 0.1) is 16.5 Å². The Bertz CT molecular complexity index is 1020. The Balaban J connectivity index is 1.76. The number of nitro groups is 1. The van der Waals surface area contributed by atoms with Gasteiger partial charge in [-0.1, -0.05) is 29.8 Å². The molecular weight excluding hydrogens is 326 g/mol. The first-order valence-electron chi connectivity index (χ1n) is 7.54. The summed E-state index contributed by atoms with van der Waals surface area (Å²) in [6, 6.07) is 11.5. The van der Waals surface area contributed by atoms with Gasteiger partial charge in [0.25, 0.3) is 5.69 Å². The predicted molar refractivity (Wildman–Crippen MR) is 90.2 cm³/mol. The zero-order valence-corrected chi connectivity index (χ0v) is 13.4. The minimum atomic E-state index is -0.735. The van der Waals surface area contributed by atoms with E-state index in [0.29, 0.717) is 12.1 Å². The van der Waals surface area contributed by atoms with Crippen molar-refractivity contribution in [3.05, 3.63) is 74.3 Å². The maximum absolute atomic E-state index is 12.1. The summed E-state index contributed by atoms with van der Waals surface area (Å²) >= 11 is 0. The molecule has 3 aromatic rings. The van der Waals surface area contributed by atoms with E-state index in [4.69, 9.17) is 4.42 Å². The molecule has 128 valence electrons. The topological polar surface area (TPSA) is 107 Å². The molecule has 0 spiro atoms. The van der Waals surface area contributed by atoms with Gasteiger partial charge in [-0.2, -0.15) is 0 Å². The third-order valence-electron chi connectivity index (χ3n) is 3.74. The van der Waals surface area contributed by atoms with Crippen molar-refractivity contribution < 1.29 is 14.1 Å². The third kappa shape index (κ3) is 3.57. The Kier molecular flexibility index (Phi) is 4.34. The molecule has 3 rings (SSSR count). The fourth-order valence-electron chi connectivity index (χ4n) is 2.54. The molecular formula is C17H15N3O5. The minimum absolute atomic E-state index is 0.0747. The Labute approximate surface area is 141 Å². The van der Waals surface area contributed by atoms with Crippen LogP contribution in [-0.4, -0.2) is 15.4 Å². The van der Waals surface area contributed by atoms with E-state index in [-0.39, 0.29) is 23.7 Å². The number of fused-ring (bicyclic) bond motifs is 1. The number of aromatic nitrogens is 1. The summed E-state index contributed by atoms with van der Waals surface area (Å²) in [5.74, 6) is -1.09. The summed E-state index contributed by atoms with van der Waals surface area (Å²) in [6.07, 6.45) is 0. The first-order chi connectivity index (χ1) is 11.9. The second-order valence-corrected chi connectivity index (χ2v) is 5.63. The highest BCUT2D eigenvalue weighted by Gasteiger charge is 2.16. The molecule has 0 saturated carbocycles. The molecule has 0 radical (unpaired) electrons. The fraction of sp³-hybridized carbons (Fsp3) is 0.176. The largest absolute Gasteiger partial charge is 0.420 e. The van der Waals surface area contributed by atoms with Gasteiger partial charge in [0.1, 0.15) is 6.54 Å². The van der Waals surface area contributed by atoms with E-state index in [1.807, 2.05) is 31.2 Å². The van der Waals surface area contributed by atoms with Gasteiger partial charge in [0.15, 0.2) is 5.58 Å². The van der Waals surface area contributed by atoms with Gasteiger partial charge in [0.2, 0.25) is 5.91 Å². The third-order valence-corrected chi connectivity index (χ3v) is 3.74. The Hall–Kier alpha value is -3.42. The molecule has 25 heavy (non-hydrogen) atoms. The zero-order chi connectivity index (χ0) is 18.0. The van der Waals surface area contributed by atoms with Gasteiger partial charge >= 0.3 is 5.76 Å². The summed E-state index contributed by atoms with van der Waals surface area (Å²) in [6.45, 7) is 2.08. The van der Waals surface area contributed by atoms with Crippen LogP contribution in [0.1, 0.15) is 11.1 Å². The zero-order valence-electron chi connectivity index (χ0n) is 13.4. The number of non-ortho nitro benzene ring substituents is 1. The van der Waals surface area contributed by atoms with E-state index in [1.54, 1.807) is 0 Å². The summed E-state index contributed by atoms with van der Waals surface area (Å²) in [5.41, 5.74) is 2.27. The lowest BCUT2D eigenvalue weighted by Gasteiger charge is -2.06. The van der Waals surface area contributed by atoms with Crippen LogP contribution in [0.15, 0.2) is 51.7 Å². The van der Waals surface area contributed by atoms with E-state index in [9.17, 15) is 19.7 Å². The number of hydrogen-bond acceptors (Lipinski definition) is 5. The van der Waals surface area contributed by atoms with E-state index in [1.165, 1.54) is 12.1 Å². The van der Waals surface area contributed by atoms with Crippen molar-refractivity contribution in [3.63, 3.8) is 0 Å². The Morgan fingerprint density at radius 3 is 2.80 bits per heavy atom. The van der Waals surface area contributed by atoms with Crippen molar-refractivity contribution in [1.29, 1.82) is 0 Å². The van der Waals surface area contributed by atoms with Gasteiger partial charge in [-0.25, -0.2) is 4.79 Å². The predicted octanol–water partition coefficient (Wildman–Crippen LogP) is 2.13. The van der Waals surface area contributed by atoms with Crippen LogP contribution in [0.5, 0.6) is 0 Å². The molecule has 1 heterocycles. The second-order valence-electron chi connectivity index (χ2n) is 5.63. The van der Waals surface area contributed by atoms with Crippen molar-refractivity contribution in [2.24, 2.45) is 0 Å². The highest BCUT2D eigenvalue weighted by atomic mass is 16.6. The lowest BCUT2D eigenvalue weighted by Crippen LogP contribution is -2.30. The number of amides is 1. The van der Waals surface area contributed by atoms with Crippen molar-refractivity contribution in [2.45, 2.75) is 20.0 Å². The molecule has 8 nitrogen and oxygen atoms in total. The van der Waals surface area contributed by atoms with Crippen molar-refractivity contribution in [2.75, 3.05) is 0 Å². The van der Waals surface area contributed by atoms with Crippen LogP contribution in [-0.2, 0) is 17.9 Å². The molecule has 1 amide bonds. The number of benzene rings is 2. The first kappa shape index (κ1) is 16.4. The van der Waals surface area contributed by atoms with Gasteiger partial charge < -0.3 is 9.73 Å². The number of nitrogens with one attached hydrogen (secondary N) is 1. The van der Waals surface area contributed by atoms with Crippen LogP contribution in [0.2, 0.25) is 0 Å². The number of nitrogens with zero attached hydrogens (tertiary/aromatic N) is 2. The standard InChI is InChI=1S/C17H15N3O5/c1-11-3-2-4-12(7-11)9-18-16(21)10-19-14-6-5-13(20(23)24)8-15(14)25-17(19)22/h2-8H,9-10H2,1H3,(H,18,21). The molecule has 2 aromatic carbocycles. The molecule has 8 heteroatoms. The summed E-state index contributed by atoms with van der Waals surface area (Å²) < 4.78 is 6.14. The van der Waals surface area contributed by atoms with E-state index in [0.717, 1.165) is 21.8 Å². The maximum atomic E-state index is 12.1. The molecule has 1 N–H and O–H groups in total. The molecule has 0 atom stereocenters. The highest BCUT2D eigenvalue weighted by Crippen LogP contribution is 2.19. The van der Waals surface area contributed by atoms with Gasteiger partial charge in [-0.05, 0) is 18.6 Å². The molecule has 0 aliphatic rings. The van der Waals surface area contributed by atoms with Crippen molar-refractivity contribution >= 4 is 22.7 Å². The van der Waals surface area contributed by atoms with Gasteiger partial charge in [0, 0.05) is 12.6 Å². The van der Waals surface area contributed by atoms with Gasteiger partial charge in [-0.15, -0.1) is 0 Å².